The van der Waals surface area contributed by atoms with Crippen molar-refractivity contribution in [3.63, 3.8) is 0 Å². The number of nitrogens with zero attached hydrogens (tertiary/aromatic N) is 1. The van der Waals surface area contributed by atoms with Crippen LogP contribution in [-0.2, 0) is 13.0 Å². The quantitative estimate of drug-likeness (QED) is 0.770. The van der Waals surface area contributed by atoms with Crippen LogP contribution in [0.2, 0.25) is 0 Å². The lowest BCUT2D eigenvalue weighted by Gasteiger charge is -2.16. The van der Waals surface area contributed by atoms with Gasteiger partial charge < -0.3 is 10.0 Å². The van der Waals surface area contributed by atoms with Gasteiger partial charge in [-0.2, -0.15) is 0 Å². The van der Waals surface area contributed by atoms with Gasteiger partial charge >= 0.3 is 0 Å². The summed E-state index contributed by atoms with van der Waals surface area (Å²) in [4.78, 5) is 2.21. The minimum atomic E-state index is 0.122. The zero-order valence-corrected chi connectivity index (χ0v) is 8.40. The summed E-state index contributed by atoms with van der Waals surface area (Å²) >= 11 is 0. The molecular weight excluding hydrogens is 174 g/mol. The van der Waals surface area contributed by atoms with E-state index in [1.165, 1.54) is 11.3 Å². The molecule has 0 saturated carbocycles. The molecule has 1 N–H and O–H groups in total. The van der Waals surface area contributed by atoms with E-state index in [2.05, 4.69) is 17.2 Å². The Labute approximate surface area is 84.5 Å². The first kappa shape index (κ1) is 9.28. The number of fused-ring (bicyclic) bond motifs is 1. The van der Waals surface area contributed by atoms with E-state index in [1.807, 2.05) is 25.1 Å². The van der Waals surface area contributed by atoms with Gasteiger partial charge in [-0.15, -0.1) is 0 Å². The Morgan fingerprint density at radius 3 is 3.07 bits per heavy atom. The van der Waals surface area contributed by atoms with Crippen LogP contribution in [0, 0.1) is 0 Å². The molecule has 0 aromatic heterocycles. The van der Waals surface area contributed by atoms with Crippen LogP contribution in [-0.4, -0.2) is 11.7 Å². The summed E-state index contributed by atoms with van der Waals surface area (Å²) in [6.07, 6.45) is 5.18. The van der Waals surface area contributed by atoms with E-state index in [0.717, 1.165) is 18.5 Å². The highest BCUT2D eigenvalue weighted by Gasteiger charge is 2.19. The molecule has 2 nitrogen and oxygen atoms in total. The van der Waals surface area contributed by atoms with Gasteiger partial charge in [0.15, 0.2) is 0 Å². The molecule has 0 unspecified atom stereocenters. The highest BCUT2D eigenvalue weighted by molar-refractivity contribution is 5.64. The third kappa shape index (κ3) is 1.42. The second-order valence-electron chi connectivity index (χ2n) is 3.51. The summed E-state index contributed by atoms with van der Waals surface area (Å²) in [6, 6.07) is 6.14. The molecule has 1 aliphatic heterocycles. The molecule has 1 heterocycles. The minimum absolute atomic E-state index is 0.122. The molecule has 1 aliphatic rings. The summed E-state index contributed by atoms with van der Waals surface area (Å²) in [5, 5.41) is 9.24. The monoisotopic (exact) mass is 189 g/mol. The number of benzene rings is 1. The summed E-state index contributed by atoms with van der Waals surface area (Å²) in [5.74, 6) is 0. The van der Waals surface area contributed by atoms with Gasteiger partial charge in [0.25, 0.3) is 0 Å². The van der Waals surface area contributed by atoms with Gasteiger partial charge in [-0.05, 0) is 25.1 Å². The maximum absolute atomic E-state index is 9.24. The molecule has 2 rings (SSSR count). The molecule has 0 aliphatic carbocycles. The number of rotatable bonds is 2. The SMILES string of the molecule is C/C=C\N1CCc2cccc(CO)c21. The zero-order valence-electron chi connectivity index (χ0n) is 8.40. The number of aliphatic hydroxyl groups is 1. The first-order valence-electron chi connectivity index (χ1n) is 4.98. The fourth-order valence-electron chi connectivity index (χ4n) is 2.02. The molecule has 0 atom stereocenters. The summed E-state index contributed by atoms with van der Waals surface area (Å²) in [6.45, 7) is 3.16. The van der Waals surface area contributed by atoms with Crippen molar-refractivity contribution >= 4 is 5.69 Å². The van der Waals surface area contributed by atoms with Crippen LogP contribution in [0.4, 0.5) is 5.69 Å². The highest BCUT2D eigenvalue weighted by atomic mass is 16.3. The standard InChI is InChI=1S/C12H15NO/c1-2-7-13-8-6-10-4-3-5-11(9-14)12(10)13/h2-5,7,14H,6,8-9H2,1H3/b7-2-. The molecule has 0 radical (unpaired) electrons. The van der Waals surface area contributed by atoms with E-state index in [4.69, 9.17) is 0 Å². The average molecular weight is 189 g/mol. The van der Waals surface area contributed by atoms with Crippen molar-refractivity contribution in [1.29, 1.82) is 0 Å². The van der Waals surface area contributed by atoms with E-state index >= 15 is 0 Å². The minimum Gasteiger partial charge on any atom is -0.392 e. The van der Waals surface area contributed by atoms with E-state index in [0.29, 0.717) is 0 Å². The molecule has 14 heavy (non-hydrogen) atoms. The summed E-state index contributed by atoms with van der Waals surface area (Å²) in [7, 11) is 0. The molecule has 1 aromatic rings. The van der Waals surface area contributed by atoms with Gasteiger partial charge in [0.05, 0.1) is 6.61 Å². The smallest absolute Gasteiger partial charge is 0.0702 e. The largest absolute Gasteiger partial charge is 0.392 e. The van der Waals surface area contributed by atoms with Gasteiger partial charge in [-0.3, -0.25) is 0 Å². The lowest BCUT2D eigenvalue weighted by Crippen LogP contribution is -2.13. The Morgan fingerprint density at radius 2 is 2.36 bits per heavy atom. The third-order valence-electron chi connectivity index (χ3n) is 2.61. The van der Waals surface area contributed by atoms with Crippen LogP contribution in [0.5, 0.6) is 0 Å². The fourth-order valence-corrected chi connectivity index (χ4v) is 2.02. The second kappa shape index (κ2) is 3.84. The average Bonchev–Trinajstić information content (AvgIpc) is 2.62. The van der Waals surface area contributed by atoms with Crippen molar-refractivity contribution in [3.05, 3.63) is 41.6 Å². The highest BCUT2D eigenvalue weighted by Crippen LogP contribution is 2.31. The Balaban J connectivity index is 2.45. The summed E-state index contributed by atoms with van der Waals surface area (Å²) < 4.78 is 0. The fraction of sp³-hybridized carbons (Fsp3) is 0.333. The van der Waals surface area contributed by atoms with E-state index < -0.39 is 0 Å². The number of hydrogen-bond acceptors (Lipinski definition) is 2. The van der Waals surface area contributed by atoms with Gasteiger partial charge in [0, 0.05) is 17.8 Å². The second-order valence-corrected chi connectivity index (χ2v) is 3.51. The Morgan fingerprint density at radius 1 is 1.50 bits per heavy atom. The van der Waals surface area contributed by atoms with Gasteiger partial charge in [0.1, 0.15) is 0 Å². The third-order valence-corrected chi connectivity index (χ3v) is 2.61. The maximum atomic E-state index is 9.24. The van der Waals surface area contributed by atoms with Crippen molar-refractivity contribution in [2.24, 2.45) is 0 Å². The number of anilines is 1. The number of hydrogen-bond donors (Lipinski definition) is 1. The van der Waals surface area contributed by atoms with Gasteiger partial charge in [-0.1, -0.05) is 24.3 Å². The van der Waals surface area contributed by atoms with Gasteiger partial charge in [-0.25, -0.2) is 0 Å². The van der Waals surface area contributed by atoms with E-state index in [-0.39, 0.29) is 6.61 Å². The molecule has 0 fully saturated rings. The van der Waals surface area contributed by atoms with Crippen LogP contribution in [0.3, 0.4) is 0 Å². The Kier molecular flexibility index (Phi) is 2.55. The van der Waals surface area contributed by atoms with Crippen LogP contribution in [0.15, 0.2) is 30.5 Å². The normalized spacial score (nSPS) is 15.1. The number of allylic oxidation sites excluding steroid dienone is 1. The number of aliphatic hydroxyl groups excluding tert-OH is 1. The first-order chi connectivity index (χ1) is 6.86. The van der Waals surface area contributed by atoms with Crippen LogP contribution < -0.4 is 4.90 Å². The van der Waals surface area contributed by atoms with Crippen LogP contribution >= 0.6 is 0 Å². The number of para-hydroxylation sites is 1. The topological polar surface area (TPSA) is 23.5 Å². The molecule has 74 valence electrons. The lowest BCUT2D eigenvalue weighted by atomic mass is 10.1. The van der Waals surface area contributed by atoms with Crippen molar-refractivity contribution in [3.8, 4) is 0 Å². The zero-order chi connectivity index (χ0) is 9.97. The Hall–Kier alpha value is -1.28. The maximum Gasteiger partial charge on any atom is 0.0702 e. The van der Waals surface area contributed by atoms with Crippen molar-refractivity contribution < 1.29 is 5.11 Å². The molecule has 0 bridgehead atoms. The molecule has 0 amide bonds. The molecule has 0 spiro atoms. The van der Waals surface area contributed by atoms with E-state index in [9.17, 15) is 5.11 Å². The summed E-state index contributed by atoms with van der Waals surface area (Å²) in [5.41, 5.74) is 3.57. The predicted octanol–water partition coefficient (Wildman–Crippen LogP) is 2.08. The predicted molar refractivity (Wildman–Crippen MR) is 58.2 cm³/mol. The molecule has 1 aromatic carbocycles. The molecule has 2 heteroatoms. The first-order valence-corrected chi connectivity index (χ1v) is 4.98. The van der Waals surface area contributed by atoms with E-state index in [1.54, 1.807) is 0 Å². The molecule has 0 saturated heterocycles. The van der Waals surface area contributed by atoms with Gasteiger partial charge in [0.2, 0.25) is 0 Å². The van der Waals surface area contributed by atoms with Crippen molar-refractivity contribution in [2.75, 3.05) is 11.4 Å². The lowest BCUT2D eigenvalue weighted by molar-refractivity contribution is 0.282. The van der Waals surface area contributed by atoms with Crippen molar-refractivity contribution in [2.45, 2.75) is 20.0 Å². The van der Waals surface area contributed by atoms with Crippen LogP contribution in [0.25, 0.3) is 0 Å². The Bertz CT molecular complexity index is 357. The van der Waals surface area contributed by atoms with Crippen LogP contribution in [0.1, 0.15) is 18.1 Å². The van der Waals surface area contributed by atoms with Crippen molar-refractivity contribution in [1.82, 2.24) is 0 Å². The molecular formula is C12H15NO.